The van der Waals surface area contributed by atoms with Crippen LogP contribution in [0.25, 0.3) is 6.08 Å². The molecule has 2 aromatic carbocycles. The second kappa shape index (κ2) is 12.7. The summed E-state index contributed by atoms with van der Waals surface area (Å²) in [5.74, 6) is -0.251. The van der Waals surface area contributed by atoms with Gasteiger partial charge in [-0.1, -0.05) is 76.6 Å². The molecule has 2 N–H and O–H groups in total. The average Bonchev–Trinajstić information content (AvgIpc) is 3.74. The normalized spacial score (nSPS) is 22.1. The molecule has 11 heteroatoms. The fourth-order valence-corrected chi connectivity index (χ4v) is 7.04. The lowest BCUT2D eigenvalue weighted by Crippen LogP contribution is -2.45. The Labute approximate surface area is 273 Å². The molecule has 2 aliphatic rings. The van der Waals surface area contributed by atoms with Crippen molar-refractivity contribution in [1.29, 1.82) is 0 Å². The molecular weight excluding hydrogens is 610 g/mol. The van der Waals surface area contributed by atoms with Gasteiger partial charge in [0.2, 0.25) is 0 Å². The maximum Gasteiger partial charge on any atom is 0.282 e. The maximum atomic E-state index is 13.1. The molecule has 1 saturated carbocycles. The van der Waals surface area contributed by atoms with Gasteiger partial charge in [-0.3, -0.25) is 9.48 Å². The Morgan fingerprint density at radius 1 is 1.17 bits per heavy atom. The molecule has 2 aliphatic carbocycles. The molecule has 46 heavy (non-hydrogen) atoms. The number of rotatable bonds is 6. The van der Waals surface area contributed by atoms with Crippen LogP contribution in [-0.4, -0.2) is 41.2 Å². The van der Waals surface area contributed by atoms with E-state index < -0.39 is 23.6 Å². The van der Waals surface area contributed by atoms with E-state index in [-0.39, 0.29) is 16.4 Å². The second-order valence-electron chi connectivity index (χ2n) is 13.7. The number of hydrogen-bond donors (Lipinski definition) is 2. The van der Waals surface area contributed by atoms with Gasteiger partial charge in [0, 0.05) is 24.0 Å². The van der Waals surface area contributed by atoms with Crippen LogP contribution in [-0.2, 0) is 19.0 Å². The van der Waals surface area contributed by atoms with Crippen molar-refractivity contribution in [3.63, 3.8) is 0 Å². The van der Waals surface area contributed by atoms with Crippen LogP contribution in [0.1, 0.15) is 99.0 Å². The summed E-state index contributed by atoms with van der Waals surface area (Å²) < 4.78 is 29.1. The summed E-state index contributed by atoms with van der Waals surface area (Å²) in [5, 5.41) is 22.7. The number of alkyl halides is 2. The van der Waals surface area contributed by atoms with Gasteiger partial charge in [-0.15, -0.1) is 0 Å². The number of aliphatic hydroxyl groups is 1. The summed E-state index contributed by atoms with van der Waals surface area (Å²) in [4.78, 5) is 16.5. The van der Waals surface area contributed by atoms with Crippen molar-refractivity contribution in [2.24, 2.45) is 12.5 Å². The molecule has 6 rings (SSSR count). The fraction of sp³-hybridized carbons (Fsp3) is 0.429. The highest BCUT2D eigenvalue weighted by Gasteiger charge is 2.51. The van der Waals surface area contributed by atoms with Crippen LogP contribution >= 0.6 is 11.6 Å². The molecule has 2 aromatic heterocycles. The number of anilines is 1. The second-order valence-corrected chi connectivity index (χ2v) is 14.1. The first kappa shape index (κ1) is 33.5. The molecule has 2 unspecified atom stereocenters. The fourth-order valence-electron chi connectivity index (χ4n) is 6.92. The number of hydrogen-bond acceptors (Lipinski definition) is 5. The zero-order valence-electron chi connectivity index (χ0n) is 27.1. The monoisotopic (exact) mass is 650 g/mol. The summed E-state index contributed by atoms with van der Waals surface area (Å²) in [6, 6.07) is 13.5. The first-order chi connectivity index (χ1) is 21.6. The van der Waals surface area contributed by atoms with Crippen LogP contribution in [0.3, 0.4) is 0 Å². The summed E-state index contributed by atoms with van der Waals surface area (Å²) in [5.41, 5.74) is 3.40. The summed E-state index contributed by atoms with van der Waals surface area (Å²) in [6.45, 7) is 11.1. The lowest BCUT2D eigenvalue weighted by molar-refractivity contribution is -0.0298. The zero-order chi connectivity index (χ0) is 33.4. The Balaban J connectivity index is 0.000000182. The van der Waals surface area contributed by atoms with E-state index in [0.29, 0.717) is 23.2 Å². The van der Waals surface area contributed by atoms with E-state index in [4.69, 9.17) is 11.6 Å². The number of nitrogens with zero attached hydrogens (tertiary/aromatic N) is 5. The Kier molecular flexibility index (Phi) is 9.26. The van der Waals surface area contributed by atoms with Crippen molar-refractivity contribution < 1.29 is 18.7 Å². The number of benzene rings is 2. The van der Waals surface area contributed by atoms with Crippen molar-refractivity contribution in [2.45, 2.75) is 83.8 Å². The van der Waals surface area contributed by atoms with Crippen LogP contribution in [0.4, 0.5) is 14.5 Å². The van der Waals surface area contributed by atoms with Crippen molar-refractivity contribution >= 4 is 29.3 Å². The Morgan fingerprint density at radius 2 is 1.89 bits per heavy atom. The molecule has 1 fully saturated rings. The first-order valence-electron chi connectivity index (χ1n) is 15.4. The predicted octanol–water partition coefficient (Wildman–Crippen LogP) is 7.96. The molecule has 0 spiro atoms. The quantitative estimate of drug-likeness (QED) is 0.221. The number of nitrogens with one attached hydrogen (secondary N) is 1. The van der Waals surface area contributed by atoms with Crippen LogP contribution in [0, 0.1) is 5.41 Å². The number of aromatic nitrogens is 5. The SMILES string of the molecule is CC1(C)CC/C(=C\c2ccc(Cl)cc2)C1(O)Cn1cncn1.CC1CC(C)(C)c2cccc(NC(=O)c3cn(C)nc3C(F)F)c21. The highest BCUT2D eigenvalue weighted by atomic mass is 35.5. The van der Waals surface area contributed by atoms with E-state index in [1.165, 1.54) is 29.8 Å². The molecule has 244 valence electrons. The molecule has 1 amide bonds. The van der Waals surface area contributed by atoms with Crippen molar-refractivity contribution in [3.05, 3.63) is 99.9 Å². The molecule has 0 saturated heterocycles. The molecule has 2 atom stereocenters. The van der Waals surface area contributed by atoms with Gasteiger partial charge < -0.3 is 10.4 Å². The molecule has 8 nitrogen and oxygen atoms in total. The zero-order valence-corrected chi connectivity index (χ0v) is 27.8. The minimum Gasteiger partial charge on any atom is -0.383 e. The minimum atomic E-state index is -2.79. The van der Waals surface area contributed by atoms with Crippen molar-refractivity contribution in [2.75, 3.05) is 5.32 Å². The van der Waals surface area contributed by atoms with E-state index in [0.717, 1.165) is 36.0 Å². The van der Waals surface area contributed by atoms with Crippen LogP contribution in [0.2, 0.25) is 5.02 Å². The molecular formula is C35H41ClF2N6O2. The highest BCUT2D eigenvalue weighted by molar-refractivity contribution is 6.30. The summed E-state index contributed by atoms with van der Waals surface area (Å²) >= 11 is 5.94. The van der Waals surface area contributed by atoms with E-state index in [1.54, 1.807) is 11.0 Å². The number of carbonyl (C=O) groups is 1. The maximum absolute atomic E-state index is 13.1. The number of aryl methyl sites for hydroxylation is 1. The lowest BCUT2D eigenvalue weighted by Gasteiger charge is -2.37. The summed E-state index contributed by atoms with van der Waals surface area (Å²) in [7, 11) is 1.52. The highest BCUT2D eigenvalue weighted by Crippen LogP contribution is 2.51. The average molecular weight is 651 g/mol. The Bertz CT molecular complexity index is 1730. The number of amides is 1. The van der Waals surface area contributed by atoms with E-state index in [1.807, 2.05) is 36.4 Å². The van der Waals surface area contributed by atoms with Gasteiger partial charge in [0.1, 0.15) is 23.9 Å². The van der Waals surface area contributed by atoms with Crippen molar-refractivity contribution in [3.8, 4) is 0 Å². The van der Waals surface area contributed by atoms with Crippen LogP contribution < -0.4 is 5.32 Å². The molecule has 0 aliphatic heterocycles. The number of fused-ring (bicyclic) bond motifs is 1. The van der Waals surface area contributed by atoms with Crippen LogP contribution in [0.15, 0.2) is 66.9 Å². The largest absolute Gasteiger partial charge is 0.383 e. The third-order valence-electron chi connectivity index (χ3n) is 9.44. The van der Waals surface area contributed by atoms with E-state index in [2.05, 4.69) is 67.3 Å². The van der Waals surface area contributed by atoms with Gasteiger partial charge >= 0.3 is 0 Å². The third-order valence-corrected chi connectivity index (χ3v) is 9.69. The molecule has 2 heterocycles. The van der Waals surface area contributed by atoms with Gasteiger partial charge in [0.25, 0.3) is 12.3 Å². The van der Waals surface area contributed by atoms with Gasteiger partial charge in [0.15, 0.2) is 0 Å². The smallest absolute Gasteiger partial charge is 0.282 e. The number of halogens is 3. The first-order valence-corrected chi connectivity index (χ1v) is 15.8. The van der Waals surface area contributed by atoms with E-state index in [9.17, 15) is 18.7 Å². The molecule has 0 radical (unpaired) electrons. The van der Waals surface area contributed by atoms with Crippen LogP contribution in [0.5, 0.6) is 0 Å². The van der Waals surface area contributed by atoms with E-state index >= 15 is 0 Å². The van der Waals surface area contributed by atoms with Gasteiger partial charge in [-0.25, -0.2) is 18.4 Å². The summed E-state index contributed by atoms with van der Waals surface area (Å²) in [6.07, 6.45) is 6.56. The molecule has 0 bridgehead atoms. The van der Waals surface area contributed by atoms with Gasteiger partial charge in [-0.05, 0) is 76.5 Å². The minimum absolute atomic E-state index is 0.0396. The Hall–Kier alpha value is -3.89. The molecule has 4 aromatic rings. The number of carbonyl (C=O) groups excluding carboxylic acids is 1. The van der Waals surface area contributed by atoms with Gasteiger partial charge in [-0.2, -0.15) is 10.2 Å². The van der Waals surface area contributed by atoms with Crippen molar-refractivity contribution in [1.82, 2.24) is 24.5 Å². The predicted molar refractivity (Wildman–Crippen MR) is 176 cm³/mol. The standard InChI is InChI=1S/C18H21F2N3O.C17H20ClN3O/c1-10-8-18(2,3)12-6-5-7-13(14(10)12)21-17(24)11-9-23(4)22-15(11)16(19)20;1-16(2)8-7-14(9-13-3-5-15(18)6-4-13)17(16,22)10-21-12-19-11-20-21/h5-7,9-10,16H,8H2,1-4H3,(H,21,24);3-6,9,11-12,22H,7-8,10H2,1-2H3/b;14-9+. The lowest BCUT2D eigenvalue weighted by atomic mass is 9.76. The van der Waals surface area contributed by atoms with Gasteiger partial charge in [0.05, 0.1) is 12.1 Å². The third kappa shape index (κ3) is 6.64. The topological polar surface area (TPSA) is 97.9 Å². The Morgan fingerprint density at radius 3 is 2.54 bits per heavy atom.